The smallest absolute Gasteiger partial charge is 0.224 e. The standard InChI is InChI=1S/C13H19N5S/c1-5-10-7-15-12(19-10)9(3)17-11-8(2)6-16-13(14-4)18-11/h6-7,9H,5H2,1-4H3,(H2,14,16,17,18). The third-order valence-electron chi connectivity index (χ3n) is 2.84. The summed E-state index contributed by atoms with van der Waals surface area (Å²) >= 11 is 1.74. The van der Waals surface area contributed by atoms with Crippen molar-refractivity contribution in [2.75, 3.05) is 17.7 Å². The first-order valence-corrected chi connectivity index (χ1v) is 7.18. The summed E-state index contributed by atoms with van der Waals surface area (Å²) < 4.78 is 0. The molecule has 2 heterocycles. The molecule has 0 spiro atoms. The summed E-state index contributed by atoms with van der Waals surface area (Å²) in [6.45, 7) is 6.23. The van der Waals surface area contributed by atoms with Gasteiger partial charge in [0.25, 0.3) is 0 Å². The Labute approximate surface area is 117 Å². The summed E-state index contributed by atoms with van der Waals surface area (Å²) in [6.07, 6.45) is 4.79. The Morgan fingerprint density at radius 1 is 1.32 bits per heavy atom. The van der Waals surface area contributed by atoms with Gasteiger partial charge in [-0.05, 0) is 20.3 Å². The number of thiazole rings is 1. The Balaban J connectivity index is 2.15. The number of aryl methyl sites for hydroxylation is 2. The molecular weight excluding hydrogens is 258 g/mol. The Hall–Kier alpha value is -1.69. The summed E-state index contributed by atoms with van der Waals surface area (Å²) in [6, 6.07) is 0.142. The van der Waals surface area contributed by atoms with Gasteiger partial charge in [-0.3, -0.25) is 0 Å². The number of aromatic nitrogens is 3. The maximum atomic E-state index is 4.45. The molecule has 1 unspecified atom stereocenters. The number of nitrogens with one attached hydrogen (secondary N) is 2. The van der Waals surface area contributed by atoms with Gasteiger partial charge in [-0.2, -0.15) is 4.98 Å². The number of rotatable bonds is 5. The number of anilines is 2. The zero-order valence-corrected chi connectivity index (χ0v) is 12.5. The highest BCUT2D eigenvalue weighted by molar-refractivity contribution is 7.11. The van der Waals surface area contributed by atoms with Crippen LogP contribution in [0, 0.1) is 6.92 Å². The van der Waals surface area contributed by atoms with E-state index in [-0.39, 0.29) is 6.04 Å². The molecule has 6 heteroatoms. The maximum Gasteiger partial charge on any atom is 0.224 e. The van der Waals surface area contributed by atoms with E-state index in [1.165, 1.54) is 4.88 Å². The number of hydrogen-bond donors (Lipinski definition) is 2. The Morgan fingerprint density at radius 3 is 2.74 bits per heavy atom. The lowest BCUT2D eigenvalue weighted by molar-refractivity contribution is 0.855. The third-order valence-corrected chi connectivity index (χ3v) is 4.16. The van der Waals surface area contributed by atoms with Gasteiger partial charge >= 0.3 is 0 Å². The van der Waals surface area contributed by atoms with Crippen molar-refractivity contribution in [1.29, 1.82) is 0 Å². The van der Waals surface area contributed by atoms with Crippen molar-refractivity contribution < 1.29 is 0 Å². The van der Waals surface area contributed by atoms with Crippen LogP contribution >= 0.6 is 11.3 Å². The lowest BCUT2D eigenvalue weighted by Crippen LogP contribution is -2.10. The molecule has 0 bridgehead atoms. The molecule has 102 valence electrons. The van der Waals surface area contributed by atoms with Crippen LogP contribution in [0.1, 0.15) is 35.3 Å². The lowest BCUT2D eigenvalue weighted by Gasteiger charge is -2.14. The molecule has 0 aliphatic heterocycles. The highest BCUT2D eigenvalue weighted by Gasteiger charge is 2.12. The molecule has 2 aromatic heterocycles. The zero-order valence-electron chi connectivity index (χ0n) is 11.7. The van der Waals surface area contributed by atoms with Crippen molar-refractivity contribution in [3.05, 3.63) is 27.8 Å². The molecule has 0 aromatic carbocycles. The zero-order chi connectivity index (χ0) is 13.8. The molecule has 0 aliphatic carbocycles. The lowest BCUT2D eigenvalue weighted by atomic mass is 10.3. The van der Waals surface area contributed by atoms with Crippen molar-refractivity contribution in [3.63, 3.8) is 0 Å². The Morgan fingerprint density at radius 2 is 2.11 bits per heavy atom. The molecule has 0 fully saturated rings. The van der Waals surface area contributed by atoms with E-state index in [0.717, 1.165) is 22.8 Å². The van der Waals surface area contributed by atoms with Crippen LogP contribution in [0.5, 0.6) is 0 Å². The largest absolute Gasteiger partial charge is 0.361 e. The number of hydrogen-bond acceptors (Lipinski definition) is 6. The molecule has 0 radical (unpaired) electrons. The van der Waals surface area contributed by atoms with Crippen LogP contribution in [0.2, 0.25) is 0 Å². The normalized spacial score (nSPS) is 12.2. The van der Waals surface area contributed by atoms with Crippen LogP contribution in [0.15, 0.2) is 12.4 Å². The fourth-order valence-electron chi connectivity index (χ4n) is 1.66. The first-order chi connectivity index (χ1) is 9.13. The predicted molar refractivity (Wildman–Crippen MR) is 79.8 cm³/mol. The second-order valence-electron chi connectivity index (χ2n) is 4.36. The van der Waals surface area contributed by atoms with E-state index in [4.69, 9.17) is 0 Å². The van der Waals surface area contributed by atoms with Crippen LogP contribution in [0.4, 0.5) is 11.8 Å². The second-order valence-corrected chi connectivity index (χ2v) is 5.51. The van der Waals surface area contributed by atoms with Gasteiger partial charge in [-0.15, -0.1) is 11.3 Å². The minimum atomic E-state index is 0.142. The van der Waals surface area contributed by atoms with E-state index in [2.05, 4.69) is 39.4 Å². The quantitative estimate of drug-likeness (QED) is 0.879. The van der Waals surface area contributed by atoms with E-state index < -0.39 is 0 Å². The van der Waals surface area contributed by atoms with Gasteiger partial charge in [0.15, 0.2) is 0 Å². The van der Waals surface area contributed by atoms with Gasteiger partial charge < -0.3 is 10.6 Å². The molecule has 19 heavy (non-hydrogen) atoms. The topological polar surface area (TPSA) is 62.7 Å². The summed E-state index contributed by atoms with van der Waals surface area (Å²) in [5, 5.41) is 7.43. The van der Waals surface area contributed by atoms with E-state index in [9.17, 15) is 0 Å². The highest BCUT2D eigenvalue weighted by atomic mass is 32.1. The molecule has 0 amide bonds. The SMILES string of the molecule is CCc1cnc(C(C)Nc2nc(NC)ncc2C)s1. The average Bonchev–Trinajstić information content (AvgIpc) is 2.90. The van der Waals surface area contributed by atoms with E-state index in [0.29, 0.717) is 5.95 Å². The van der Waals surface area contributed by atoms with Crippen molar-refractivity contribution in [2.24, 2.45) is 0 Å². The Kier molecular flexibility index (Phi) is 4.31. The first kappa shape index (κ1) is 13.7. The van der Waals surface area contributed by atoms with Crippen molar-refractivity contribution in [3.8, 4) is 0 Å². The first-order valence-electron chi connectivity index (χ1n) is 6.36. The molecule has 2 aromatic rings. The fraction of sp³-hybridized carbons (Fsp3) is 0.462. The molecule has 0 saturated carbocycles. The Bertz CT molecular complexity index is 552. The van der Waals surface area contributed by atoms with E-state index >= 15 is 0 Å². The third kappa shape index (κ3) is 3.20. The summed E-state index contributed by atoms with van der Waals surface area (Å²) in [7, 11) is 1.81. The molecule has 0 saturated heterocycles. The minimum absolute atomic E-state index is 0.142. The molecule has 5 nitrogen and oxygen atoms in total. The van der Waals surface area contributed by atoms with Gasteiger partial charge in [0.1, 0.15) is 10.8 Å². The highest BCUT2D eigenvalue weighted by Crippen LogP contribution is 2.24. The van der Waals surface area contributed by atoms with Gasteiger partial charge in [0, 0.05) is 29.9 Å². The average molecular weight is 277 g/mol. The van der Waals surface area contributed by atoms with Crippen molar-refractivity contribution >= 4 is 23.1 Å². The fourth-order valence-corrected chi connectivity index (χ4v) is 2.52. The van der Waals surface area contributed by atoms with Gasteiger partial charge in [-0.25, -0.2) is 9.97 Å². The summed E-state index contributed by atoms with van der Waals surface area (Å²) in [5.74, 6) is 1.47. The van der Waals surface area contributed by atoms with Crippen LogP contribution in [0.25, 0.3) is 0 Å². The van der Waals surface area contributed by atoms with Crippen LogP contribution in [-0.4, -0.2) is 22.0 Å². The van der Waals surface area contributed by atoms with Gasteiger partial charge in [-0.1, -0.05) is 6.92 Å². The van der Waals surface area contributed by atoms with Crippen molar-refractivity contribution in [1.82, 2.24) is 15.0 Å². The van der Waals surface area contributed by atoms with E-state index in [1.807, 2.05) is 26.4 Å². The second kappa shape index (κ2) is 5.97. The molecule has 0 aliphatic rings. The minimum Gasteiger partial charge on any atom is -0.361 e. The van der Waals surface area contributed by atoms with Crippen LogP contribution < -0.4 is 10.6 Å². The monoisotopic (exact) mass is 277 g/mol. The van der Waals surface area contributed by atoms with Gasteiger partial charge in [0.05, 0.1) is 6.04 Å². The van der Waals surface area contributed by atoms with Crippen molar-refractivity contribution in [2.45, 2.75) is 33.2 Å². The molecule has 2 N–H and O–H groups in total. The molecule has 2 rings (SSSR count). The van der Waals surface area contributed by atoms with E-state index in [1.54, 1.807) is 11.3 Å². The van der Waals surface area contributed by atoms with Crippen LogP contribution in [0.3, 0.4) is 0 Å². The summed E-state index contributed by atoms with van der Waals surface area (Å²) in [4.78, 5) is 14.4. The summed E-state index contributed by atoms with van der Waals surface area (Å²) in [5.41, 5.74) is 1.03. The van der Waals surface area contributed by atoms with Crippen LogP contribution in [-0.2, 0) is 6.42 Å². The molecule has 1 atom stereocenters. The predicted octanol–water partition coefficient (Wildman–Crippen LogP) is 3.02. The van der Waals surface area contributed by atoms with Gasteiger partial charge in [0.2, 0.25) is 5.95 Å². The molecular formula is C13H19N5S. The number of nitrogens with zero attached hydrogens (tertiary/aromatic N) is 3. The maximum absolute atomic E-state index is 4.45.